The van der Waals surface area contributed by atoms with E-state index in [1.165, 1.54) is 0 Å². The first-order valence-corrected chi connectivity index (χ1v) is 7.38. The number of aryl methyl sites for hydroxylation is 1. The molecule has 0 saturated heterocycles. The summed E-state index contributed by atoms with van der Waals surface area (Å²) in [5, 5.41) is 16.5. The van der Waals surface area contributed by atoms with Crippen molar-refractivity contribution in [2.24, 2.45) is 5.92 Å². The summed E-state index contributed by atoms with van der Waals surface area (Å²) in [4.78, 5) is 12.3. The Hall–Kier alpha value is -2.44. The summed E-state index contributed by atoms with van der Waals surface area (Å²) in [6, 6.07) is 9.37. The van der Waals surface area contributed by atoms with Crippen molar-refractivity contribution >= 4 is 5.91 Å². The van der Waals surface area contributed by atoms with Gasteiger partial charge < -0.3 is 10.1 Å². The SMILES string of the molecule is CC(C)[C@@H](Oc1ccccc1)C(=O)NCCCc1nn[nH]n1. The highest BCUT2D eigenvalue weighted by Gasteiger charge is 2.23. The first-order valence-electron chi connectivity index (χ1n) is 7.38. The lowest BCUT2D eigenvalue weighted by molar-refractivity contribution is -0.129. The molecule has 0 bridgehead atoms. The van der Waals surface area contributed by atoms with E-state index in [9.17, 15) is 4.79 Å². The van der Waals surface area contributed by atoms with E-state index in [4.69, 9.17) is 4.74 Å². The van der Waals surface area contributed by atoms with Crippen molar-refractivity contribution in [2.45, 2.75) is 32.8 Å². The third kappa shape index (κ3) is 4.83. The first kappa shape index (κ1) is 15.9. The summed E-state index contributed by atoms with van der Waals surface area (Å²) in [5.74, 6) is 1.32. The fraction of sp³-hybridized carbons (Fsp3) is 0.467. The minimum absolute atomic E-state index is 0.0809. The lowest BCUT2D eigenvalue weighted by atomic mass is 10.1. The van der Waals surface area contributed by atoms with Gasteiger partial charge in [0.2, 0.25) is 0 Å². The predicted octanol–water partition coefficient (Wildman–Crippen LogP) is 1.35. The first-order chi connectivity index (χ1) is 10.7. The van der Waals surface area contributed by atoms with Gasteiger partial charge in [-0.2, -0.15) is 5.21 Å². The summed E-state index contributed by atoms with van der Waals surface area (Å²) in [6.07, 6.45) is 0.914. The number of aromatic amines is 1. The van der Waals surface area contributed by atoms with E-state index in [-0.39, 0.29) is 11.8 Å². The fourth-order valence-corrected chi connectivity index (χ4v) is 1.99. The van der Waals surface area contributed by atoms with E-state index in [1.54, 1.807) is 0 Å². The molecule has 0 aliphatic heterocycles. The van der Waals surface area contributed by atoms with Gasteiger partial charge in [-0.15, -0.1) is 10.2 Å². The number of H-pyrrole nitrogens is 1. The predicted molar refractivity (Wildman–Crippen MR) is 81.2 cm³/mol. The molecule has 1 atom stereocenters. The summed E-state index contributed by atoms with van der Waals surface area (Å²) >= 11 is 0. The molecule has 7 heteroatoms. The zero-order chi connectivity index (χ0) is 15.8. The number of nitrogens with one attached hydrogen (secondary N) is 2. The topological polar surface area (TPSA) is 92.8 Å². The molecule has 0 spiro atoms. The highest BCUT2D eigenvalue weighted by molar-refractivity contribution is 5.81. The van der Waals surface area contributed by atoms with Gasteiger partial charge in [0.25, 0.3) is 5.91 Å². The zero-order valence-corrected chi connectivity index (χ0v) is 12.8. The highest BCUT2D eigenvalue weighted by Crippen LogP contribution is 2.15. The van der Waals surface area contributed by atoms with Crippen molar-refractivity contribution in [1.29, 1.82) is 0 Å². The second-order valence-electron chi connectivity index (χ2n) is 5.32. The Morgan fingerprint density at radius 2 is 2.09 bits per heavy atom. The lowest BCUT2D eigenvalue weighted by Crippen LogP contribution is -2.42. The highest BCUT2D eigenvalue weighted by atomic mass is 16.5. The van der Waals surface area contributed by atoms with Crippen molar-refractivity contribution in [2.75, 3.05) is 6.54 Å². The van der Waals surface area contributed by atoms with E-state index < -0.39 is 6.10 Å². The molecule has 22 heavy (non-hydrogen) atoms. The standard InChI is InChI=1S/C15H21N5O2/c1-11(2)14(22-12-7-4-3-5-8-12)15(21)16-10-6-9-13-17-19-20-18-13/h3-5,7-8,11,14H,6,9-10H2,1-2H3,(H,16,21)(H,17,18,19,20)/t14-/m1/s1. The Labute approximate surface area is 129 Å². The molecule has 1 amide bonds. The van der Waals surface area contributed by atoms with Crippen LogP contribution in [0.15, 0.2) is 30.3 Å². The van der Waals surface area contributed by atoms with Crippen LogP contribution in [-0.4, -0.2) is 39.2 Å². The lowest BCUT2D eigenvalue weighted by Gasteiger charge is -2.21. The van der Waals surface area contributed by atoms with Crippen LogP contribution >= 0.6 is 0 Å². The quantitative estimate of drug-likeness (QED) is 0.718. The third-order valence-corrected chi connectivity index (χ3v) is 3.14. The molecule has 2 aromatic rings. The van der Waals surface area contributed by atoms with Gasteiger partial charge in [0, 0.05) is 13.0 Å². The van der Waals surface area contributed by atoms with Crippen LogP contribution in [0.25, 0.3) is 0 Å². The van der Waals surface area contributed by atoms with Gasteiger partial charge in [0.05, 0.1) is 0 Å². The number of hydrogen-bond acceptors (Lipinski definition) is 5. The monoisotopic (exact) mass is 303 g/mol. The number of tetrazole rings is 1. The molecule has 0 saturated carbocycles. The van der Waals surface area contributed by atoms with Gasteiger partial charge >= 0.3 is 0 Å². The van der Waals surface area contributed by atoms with Crippen LogP contribution in [0, 0.1) is 5.92 Å². The van der Waals surface area contributed by atoms with Gasteiger partial charge in [-0.1, -0.05) is 37.3 Å². The molecule has 0 unspecified atom stereocenters. The molecule has 0 aliphatic rings. The van der Waals surface area contributed by atoms with Gasteiger partial charge in [0.15, 0.2) is 11.9 Å². The normalized spacial score (nSPS) is 12.1. The minimum Gasteiger partial charge on any atom is -0.480 e. The molecule has 1 aromatic heterocycles. The number of carbonyl (C=O) groups is 1. The number of nitrogens with zero attached hydrogens (tertiary/aromatic N) is 3. The third-order valence-electron chi connectivity index (χ3n) is 3.14. The van der Waals surface area contributed by atoms with E-state index in [0.717, 1.165) is 6.42 Å². The second kappa shape index (κ2) is 8.11. The second-order valence-corrected chi connectivity index (χ2v) is 5.32. The maximum Gasteiger partial charge on any atom is 0.261 e. The van der Waals surface area contributed by atoms with E-state index in [0.29, 0.717) is 24.5 Å². The summed E-state index contributed by atoms with van der Waals surface area (Å²) < 4.78 is 5.79. The number of para-hydroxylation sites is 1. The van der Waals surface area contributed by atoms with Crippen LogP contribution in [-0.2, 0) is 11.2 Å². The van der Waals surface area contributed by atoms with Crippen LogP contribution in [0.3, 0.4) is 0 Å². The number of aromatic nitrogens is 4. The molecule has 0 aliphatic carbocycles. The number of amides is 1. The number of rotatable bonds is 8. The number of carbonyl (C=O) groups excluding carboxylic acids is 1. The van der Waals surface area contributed by atoms with Gasteiger partial charge in [-0.25, -0.2) is 0 Å². The van der Waals surface area contributed by atoms with Crippen LogP contribution in [0.5, 0.6) is 5.75 Å². The molecule has 0 fully saturated rings. The zero-order valence-electron chi connectivity index (χ0n) is 12.8. The van der Waals surface area contributed by atoms with Crippen LogP contribution in [0.4, 0.5) is 0 Å². The Kier molecular flexibility index (Phi) is 5.88. The Bertz CT molecular complexity index is 557. The maximum absolute atomic E-state index is 12.3. The van der Waals surface area contributed by atoms with Crippen LogP contribution < -0.4 is 10.1 Å². The van der Waals surface area contributed by atoms with E-state index >= 15 is 0 Å². The molecule has 7 nitrogen and oxygen atoms in total. The molecule has 1 heterocycles. The average Bonchev–Trinajstić information content (AvgIpc) is 3.03. The minimum atomic E-state index is -0.507. The number of benzene rings is 1. The number of ether oxygens (including phenoxy) is 1. The number of hydrogen-bond donors (Lipinski definition) is 2. The summed E-state index contributed by atoms with van der Waals surface area (Å²) in [6.45, 7) is 4.48. The maximum atomic E-state index is 12.3. The van der Waals surface area contributed by atoms with Crippen LogP contribution in [0.1, 0.15) is 26.1 Å². The summed E-state index contributed by atoms with van der Waals surface area (Å²) in [7, 11) is 0. The molecule has 2 N–H and O–H groups in total. The Morgan fingerprint density at radius 3 is 2.73 bits per heavy atom. The smallest absolute Gasteiger partial charge is 0.261 e. The fourth-order valence-electron chi connectivity index (χ4n) is 1.99. The molecule has 118 valence electrons. The van der Waals surface area contributed by atoms with Gasteiger partial charge in [-0.05, 0) is 24.5 Å². The Balaban J connectivity index is 1.79. The van der Waals surface area contributed by atoms with Crippen molar-refractivity contribution in [1.82, 2.24) is 25.9 Å². The average molecular weight is 303 g/mol. The largest absolute Gasteiger partial charge is 0.480 e. The molecular formula is C15H21N5O2. The molecule has 0 radical (unpaired) electrons. The molecular weight excluding hydrogens is 282 g/mol. The van der Waals surface area contributed by atoms with Crippen molar-refractivity contribution in [3.63, 3.8) is 0 Å². The van der Waals surface area contributed by atoms with Crippen molar-refractivity contribution in [3.8, 4) is 5.75 Å². The van der Waals surface area contributed by atoms with Crippen molar-refractivity contribution < 1.29 is 9.53 Å². The van der Waals surface area contributed by atoms with E-state index in [2.05, 4.69) is 25.9 Å². The summed E-state index contributed by atoms with van der Waals surface area (Å²) in [5.41, 5.74) is 0. The van der Waals surface area contributed by atoms with Gasteiger partial charge in [-0.3, -0.25) is 4.79 Å². The van der Waals surface area contributed by atoms with Gasteiger partial charge in [0.1, 0.15) is 5.75 Å². The van der Waals surface area contributed by atoms with Crippen LogP contribution in [0.2, 0.25) is 0 Å². The van der Waals surface area contributed by atoms with Crippen molar-refractivity contribution in [3.05, 3.63) is 36.2 Å². The Morgan fingerprint density at radius 1 is 1.32 bits per heavy atom. The molecule has 1 aromatic carbocycles. The van der Waals surface area contributed by atoms with E-state index in [1.807, 2.05) is 44.2 Å². The molecule has 2 rings (SSSR count).